The summed E-state index contributed by atoms with van der Waals surface area (Å²) in [6.07, 6.45) is -2.38. The van der Waals surface area contributed by atoms with E-state index in [0.717, 1.165) is 0 Å². The lowest BCUT2D eigenvalue weighted by Crippen LogP contribution is -2.31. The minimum atomic E-state index is -4.13. The molecule has 0 amide bonds. The Balaban J connectivity index is 3.45. The van der Waals surface area contributed by atoms with E-state index >= 15 is 0 Å². The molecule has 0 saturated carbocycles. The maximum atomic E-state index is 11.8. The van der Waals surface area contributed by atoms with Gasteiger partial charge in [-0.05, 0) is 26.4 Å². The monoisotopic (exact) mass is 211 g/mol. The molecule has 0 radical (unpaired) electrons. The molecule has 0 aliphatic heterocycles. The molecule has 0 heterocycles. The lowest BCUT2D eigenvalue weighted by Gasteiger charge is -2.17. The topological polar surface area (TPSA) is 53.1 Å². The van der Waals surface area contributed by atoms with E-state index < -0.39 is 12.7 Å². The molecular weight excluding hydrogens is 195 g/mol. The van der Waals surface area contributed by atoms with Crippen molar-refractivity contribution in [3.63, 3.8) is 0 Å². The SMILES string of the molecule is CN(CCCCC(=N)N)CC(F)(F)F. The summed E-state index contributed by atoms with van der Waals surface area (Å²) < 4.78 is 35.5. The van der Waals surface area contributed by atoms with Gasteiger partial charge in [-0.1, -0.05) is 0 Å². The second-order valence-electron chi connectivity index (χ2n) is 3.34. The van der Waals surface area contributed by atoms with Crippen LogP contribution in [0.4, 0.5) is 13.2 Å². The van der Waals surface area contributed by atoms with Gasteiger partial charge in [0.15, 0.2) is 0 Å². The molecule has 0 aliphatic carbocycles. The summed E-state index contributed by atoms with van der Waals surface area (Å²) in [7, 11) is 1.43. The molecule has 84 valence electrons. The van der Waals surface area contributed by atoms with Crippen LogP contribution in [-0.2, 0) is 0 Å². The van der Waals surface area contributed by atoms with Crippen LogP contribution in [0.25, 0.3) is 0 Å². The molecule has 14 heavy (non-hydrogen) atoms. The number of unbranched alkanes of at least 4 members (excludes halogenated alkanes) is 1. The van der Waals surface area contributed by atoms with Crippen LogP contribution in [0.3, 0.4) is 0 Å². The van der Waals surface area contributed by atoms with Crippen LogP contribution >= 0.6 is 0 Å². The van der Waals surface area contributed by atoms with Crippen molar-refractivity contribution in [1.82, 2.24) is 4.90 Å². The maximum Gasteiger partial charge on any atom is 0.401 e. The van der Waals surface area contributed by atoms with Gasteiger partial charge in [0.25, 0.3) is 0 Å². The van der Waals surface area contributed by atoms with Crippen molar-refractivity contribution in [2.24, 2.45) is 5.73 Å². The normalized spacial score (nSPS) is 12.1. The molecule has 0 spiro atoms. The van der Waals surface area contributed by atoms with Crippen molar-refractivity contribution < 1.29 is 13.2 Å². The van der Waals surface area contributed by atoms with Crippen LogP contribution in [0.1, 0.15) is 19.3 Å². The quantitative estimate of drug-likeness (QED) is 0.398. The van der Waals surface area contributed by atoms with Crippen LogP contribution in [0.2, 0.25) is 0 Å². The van der Waals surface area contributed by atoms with E-state index in [1.54, 1.807) is 0 Å². The van der Waals surface area contributed by atoms with Crippen molar-refractivity contribution in [2.45, 2.75) is 25.4 Å². The molecule has 0 saturated heterocycles. The largest absolute Gasteiger partial charge is 0.401 e. The van der Waals surface area contributed by atoms with Crippen molar-refractivity contribution in [3.8, 4) is 0 Å². The Morgan fingerprint density at radius 1 is 1.36 bits per heavy atom. The lowest BCUT2D eigenvalue weighted by molar-refractivity contribution is -0.143. The Kier molecular flexibility index (Phi) is 5.52. The van der Waals surface area contributed by atoms with Gasteiger partial charge in [-0.2, -0.15) is 13.2 Å². The van der Waals surface area contributed by atoms with E-state index in [9.17, 15) is 13.2 Å². The summed E-state index contributed by atoms with van der Waals surface area (Å²) in [6, 6.07) is 0. The first-order chi connectivity index (χ1) is 6.31. The third-order valence-electron chi connectivity index (χ3n) is 1.69. The summed E-state index contributed by atoms with van der Waals surface area (Å²) in [5, 5.41) is 6.91. The third-order valence-corrected chi connectivity index (χ3v) is 1.69. The number of nitrogens with one attached hydrogen (secondary N) is 1. The molecular formula is C8H16F3N3. The van der Waals surface area contributed by atoms with Gasteiger partial charge < -0.3 is 5.73 Å². The maximum absolute atomic E-state index is 11.8. The van der Waals surface area contributed by atoms with Crippen molar-refractivity contribution in [3.05, 3.63) is 0 Å². The number of alkyl halides is 3. The molecule has 0 rings (SSSR count). The Morgan fingerprint density at radius 2 is 1.93 bits per heavy atom. The molecule has 0 bridgehead atoms. The predicted molar refractivity (Wildman–Crippen MR) is 49.3 cm³/mol. The molecule has 3 nitrogen and oxygen atoms in total. The van der Waals surface area contributed by atoms with Gasteiger partial charge in [0.2, 0.25) is 0 Å². The highest BCUT2D eigenvalue weighted by Crippen LogP contribution is 2.15. The Morgan fingerprint density at radius 3 is 2.36 bits per heavy atom. The van der Waals surface area contributed by atoms with Crippen LogP contribution in [-0.4, -0.2) is 37.0 Å². The summed E-state index contributed by atoms with van der Waals surface area (Å²) in [5.41, 5.74) is 5.10. The number of halogens is 3. The van der Waals surface area contributed by atoms with E-state index in [2.05, 4.69) is 0 Å². The average Bonchev–Trinajstić information content (AvgIpc) is 1.94. The number of nitrogens with zero attached hydrogens (tertiary/aromatic N) is 1. The summed E-state index contributed by atoms with van der Waals surface area (Å²) in [4.78, 5) is 1.22. The van der Waals surface area contributed by atoms with E-state index in [1.165, 1.54) is 11.9 Å². The van der Waals surface area contributed by atoms with Gasteiger partial charge in [0.05, 0.1) is 12.4 Å². The standard InChI is InChI=1S/C8H16F3N3/c1-14(6-8(9,10)11)5-3-2-4-7(12)13/h2-6H2,1H3,(H3,12,13). The molecule has 3 N–H and O–H groups in total. The zero-order chi connectivity index (χ0) is 11.2. The summed E-state index contributed by atoms with van der Waals surface area (Å²) >= 11 is 0. The van der Waals surface area contributed by atoms with Gasteiger partial charge in [-0.3, -0.25) is 10.3 Å². The highest BCUT2D eigenvalue weighted by molar-refractivity contribution is 5.76. The second kappa shape index (κ2) is 5.85. The lowest BCUT2D eigenvalue weighted by atomic mass is 10.2. The molecule has 0 aromatic heterocycles. The molecule has 0 aromatic rings. The van der Waals surface area contributed by atoms with Crippen LogP contribution in [0.15, 0.2) is 0 Å². The molecule has 0 aromatic carbocycles. The predicted octanol–water partition coefficient (Wildman–Crippen LogP) is 1.59. The minimum absolute atomic E-state index is 0.0866. The van der Waals surface area contributed by atoms with Gasteiger partial charge >= 0.3 is 6.18 Å². The van der Waals surface area contributed by atoms with Crippen molar-refractivity contribution >= 4 is 5.84 Å². The zero-order valence-electron chi connectivity index (χ0n) is 8.19. The van der Waals surface area contributed by atoms with Gasteiger partial charge in [-0.25, -0.2) is 0 Å². The number of rotatable bonds is 6. The van der Waals surface area contributed by atoms with Crippen LogP contribution < -0.4 is 5.73 Å². The zero-order valence-corrected chi connectivity index (χ0v) is 8.19. The first kappa shape index (κ1) is 13.2. The minimum Gasteiger partial charge on any atom is -0.388 e. The highest BCUT2D eigenvalue weighted by atomic mass is 19.4. The Bertz CT molecular complexity index is 179. The van der Waals surface area contributed by atoms with Crippen LogP contribution in [0, 0.1) is 5.41 Å². The number of nitrogens with two attached hydrogens (primary N) is 1. The highest BCUT2D eigenvalue weighted by Gasteiger charge is 2.28. The fraction of sp³-hybridized carbons (Fsp3) is 0.875. The first-order valence-corrected chi connectivity index (χ1v) is 4.39. The van der Waals surface area contributed by atoms with E-state index in [4.69, 9.17) is 11.1 Å². The fourth-order valence-corrected chi connectivity index (χ4v) is 1.08. The number of amidine groups is 1. The molecule has 0 fully saturated rings. The fourth-order valence-electron chi connectivity index (χ4n) is 1.08. The molecule has 0 unspecified atom stereocenters. The third kappa shape index (κ3) is 9.31. The number of hydrogen-bond acceptors (Lipinski definition) is 2. The van der Waals surface area contributed by atoms with E-state index in [-0.39, 0.29) is 5.84 Å². The van der Waals surface area contributed by atoms with Crippen molar-refractivity contribution in [2.75, 3.05) is 20.1 Å². The summed E-state index contributed by atoms with van der Waals surface area (Å²) in [6.45, 7) is -0.500. The van der Waals surface area contributed by atoms with Crippen molar-refractivity contribution in [1.29, 1.82) is 5.41 Å². The molecule has 6 heteroatoms. The smallest absolute Gasteiger partial charge is 0.388 e. The van der Waals surface area contributed by atoms with E-state index in [0.29, 0.717) is 25.8 Å². The van der Waals surface area contributed by atoms with Gasteiger partial charge in [-0.15, -0.1) is 0 Å². The average molecular weight is 211 g/mol. The van der Waals surface area contributed by atoms with Gasteiger partial charge in [0, 0.05) is 6.42 Å². The van der Waals surface area contributed by atoms with Crippen LogP contribution in [0.5, 0.6) is 0 Å². The second-order valence-corrected chi connectivity index (χ2v) is 3.34. The summed E-state index contributed by atoms with van der Waals surface area (Å²) in [5.74, 6) is 0.0866. The number of hydrogen-bond donors (Lipinski definition) is 2. The van der Waals surface area contributed by atoms with Gasteiger partial charge in [0.1, 0.15) is 0 Å². The first-order valence-electron chi connectivity index (χ1n) is 4.39. The Hall–Kier alpha value is -0.780. The molecule has 0 aliphatic rings. The Labute approximate surface area is 81.6 Å². The molecule has 0 atom stereocenters. The van der Waals surface area contributed by atoms with E-state index in [1.807, 2.05) is 0 Å².